The number of nitrogens with two attached hydrogens (primary N) is 1. The predicted octanol–water partition coefficient (Wildman–Crippen LogP) is 3.74. The summed E-state index contributed by atoms with van der Waals surface area (Å²) in [6.45, 7) is 2.83. The molecule has 2 aromatic carbocycles. The van der Waals surface area contributed by atoms with Gasteiger partial charge < -0.3 is 10.6 Å². The summed E-state index contributed by atoms with van der Waals surface area (Å²) in [5.41, 5.74) is 9.97. The lowest BCUT2D eigenvalue weighted by Crippen LogP contribution is -2.22. The zero-order valence-corrected chi connectivity index (χ0v) is 13.6. The molecule has 0 fully saturated rings. The largest absolute Gasteiger partial charge is 0.366 e. The van der Waals surface area contributed by atoms with Gasteiger partial charge in [0.05, 0.1) is 0 Å². The molecule has 0 radical (unpaired) electrons. The minimum Gasteiger partial charge on any atom is -0.366 e. The number of benzene rings is 2. The molecule has 0 amide bonds. The summed E-state index contributed by atoms with van der Waals surface area (Å²) in [7, 11) is 0. The minimum absolute atomic E-state index is 0.583. The van der Waals surface area contributed by atoms with E-state index in [1.165, 1.54) is 20.4 Å². The van der Waals surface area contributed by atoms with Crippen LogP contribution in [0.15, 0.2) is 48.5 Å². The lowest BCUT2D eigenvalue weighted by Gasteiger charge is -2.20. The van der Waals surface area contributed by atoms with Crippen LogP contribution in [0.4, 0.5) is 5.69 Å². The Bertz CT molecular complexity index is 580. The molecule has 20 heavy (non-hydrogen) atoms. The topological polar surface area (TPSA) is 29.3 Å². The summed E-state index contributed by atoms with van der Waals surface area (Å²) in [6, 6.07) is 17.6. The highest BCUT2D eigenvalue weighted by atomic mass is 127. The Kier molecular flexibility index (Phi) is 4.27. The van der Waals surface area contributed by atoms with Gasteiger partial charge in [0.25, 0.3) is 0 Å². The number of fused-ring (bicyclic) bond motifs is 1. The van der Waals surface area contributed by atoms with Crippen LogP contribution in [0.2, 0.25) is 0 Å². The highest BCUT2D eigenvalue weighted by Crippen LogP contribution is 2.38. The molecule has 2 aromatic rings. The van der Waals surface area contributed by atoms with Gasteiger partial charge in [-0.05, 0) is 64.9 Å². The smallest absolute Gasteiger partial charge is 0.0429 e. The highest BCUT2D eigenvalue weighted by Gasteiger charge is 2.27. The fourth-order valence-corrected chi connectivity index (χ4v) is 3.35. The van der Waals surface area contributed by atoms with E-state index in [1.54, 1.807) is 0 Å². The third kappa shape index (κ3) is 2.83. The molecule has 1 aliphatic rings. The molecule has 0 spiro atoms. The lowest BCUT2D eigenvalue weighted by molar-refractivity contribution is 0.644. The number of hydrogen-bond donors (Lipinski definition) is 1. The zero-order valence-electron chi connectivity index (χ0n) is 11.4. The van der Waals surface area contributed by atoms with Crippen LogP contribution in [-0.2, 0) is 6.54 Å². The monoisotopic (exact) mass is 378 g/mol. The maximum absolute atomic E-state index is 5.76. The van der Waals surface area contributed by atoms with Crippen molar-refractivity contribution in [2.24, 2.45) is 5.73 Å². The van der Waals surface area contributed by atoms with Crippen molar-refractivity contribution in [3.63, 3.8) is 0 Å². The molecule has 2 N–H and O–H groups in total. The molecule has 3 heteroatoms. The van der Waals surface area contributed by atoms with Crippen molar-refractivity contribution in [3.8, 4) is 0 Å². The molecular formula is C17H19IN2. The maximum atomic E-state index is 5.76. The molecule has 2 nitrogen and oxygen atoms in total. The zero-order chi connectivity index (χ0) is 13.9. The summed E-state index contributed by atoms with van der Waals surface area (Å²) in [6.07, 6.45) is 1.07. The Labute approximate surface area is 134 Å². The van der Waals surface area contributed by atoms with Crippen LogP contribution in [0.3, 0.4) is 0 Å². The first-order valence-electron chi connectivity index (χ1n) is 7.06. The van der Waals surface area contributed by atoms with E-state index in [-0.39, 0.29) is 0 Å². The number of anilines is 1. The fourth-order valence-electron chi connectivity index (χ4n) is 2.99. The second-order valence-electron chi connectivity index (χ2n) is 5.34. The molecule has 0 aliphatic carbocycles. The molecule has 0 saturated heterocycles. The van der Waals surface area contributed by atoms with Gasteiger partial charge >= 0.3 is 0 Å². The molecule has 104 valence electrons. The number of rotatable bonds is 4. The van der Waals surface area contributed by atoms with E-state index in [9.17, 15) is 0 Å². The highest BCUT2D eigenvalue weighted by molar-refractivity contribution is 14.1. The van der Waals surface area contributed by atoms with Gasteiger partial charge in [0.1, 0.15) is 0 Å². The standard InChI is InChI=1S/C17H19IN2/c18-15-7-5-13(6-8-15)11-20-12-14(9-10-19)16-3-1-2-4-17(16)20/h1-8,14H,9-12,19H2. The molecular weight excluding hydrogens is 359 g/mol. The van der Waals surface area contributed by atoms with Crippen LogP contribution in [0.25, 0.3) is 0 Å². The summed E-state index contributed by atoms with van der Waals surface area (Å²) in [4.78, 5) is 2.48. The van der Waals surface area contributed by atoms with Crippen LogP contribution in [0.5, 0.6) is 0 Å². The van der Waals surface area contributed by atoms with E-state index in [0.29, 0.717) is 5.92 Å². The van der Waals surface area contributed by atoms with E-state index >= 15 is 0 Å². The molecule has 1 unspecified atom stereocenters. The Morgan fingerprint density at radius 1 is 1.10 bits per heavy atom. The SMILES string of the molecule is NCCC1CN(Cc2ccc(I)cc2)c2ccccc21. The Morgan fingerprint density at radius 3 is 2.60 bits per heavy atom. The molecule has 0 bridgehead atoms. The molecule has 1 aliphatic heterocycles. The summed E-state index contributed by atoms with van der Waals surface area (Å²) in [5, 5.41) is 0. The number of hydrogen-bond acceptors (Lipinski definition) is 2. The predicted molar refractivity (Wildman–Crippen MR) is 93.1 cm³/mol. The molecule has 3 rings (SSSR count). The third-order valence-electron chi connectivity index (χ3n) is 3.96. The first-order valence-corrected chi connectivity index (χ1v) is 8.14. The summed E-state index contributed by atoms with van der Waals surface area (Å²) < 4.78 is 1.29. The van der Waals surface area contributed by atoms with Gasteiger partial charge in [-0.15, -0.1) is 0 Å². The van der Waals surface area contributed by atoms with Crippen LogP contribution in [0, 0.1) is 3.57 Å². The van der Waals surface area contributed by atoms with Crippen molar-refractivity contribution >= 4 is 28.3 Å². The van der Waals surface area contributed by atoms with E-state index in [4.69, 9.17) is 5.73 Å². The van der Waals surface area contributed by atoms with Crippen LogP contribution in [0.1, 0.15) is 23.5 Å². The second kappa shape index (κ2) is 6.14. The van der Waals surface area contributed by atoms with Gasteiger partial charge in [-0.1, -0.05) is 30.3 Å². The van der Waals surface area contributed by atoms with Crippen molar-refractivity contribution in [2.45, 2.75) is 18.9 Å². The number of halogens is 1. The van der Waals surface area contributed by atoms with Crippen LogP contribution in [-0.4, -0.2) is 13.1 Å². The van der Waals surface area contributed by atoms with E-state index in [2.05, 4.69) is 76.0 Å². The Morgan fingerprint density at radius 2 is 1.85 bits per heavy atom. The lowest BCUT2D eigenvalue weighted by atomic mass is 9.98. The third-order valence-corrected chi connectivity index (χ3v) is 4.68. The normalized spacial score (nSPS) is 17.3. The average molecular weight is 378 g/mol. The van der Waals surface area contributed by atoms with Crippen molar-refractivity contribution in [3.05, 3.63) is 63.2 Å². The van der Waals surface area contributed by atoms with Crippen LogP contribution < -0.4 is 10.6 Å². The first-order chi connectivity index (χ1) is 9.78. The van der Waals surface area contributed by atoms with E-state index in [0.717, 1.165) is 26.1 Å². The summed E-state index contributed by atoms with van der Waals surface area (Å²) >= 11 is 2.35. The molecule has 0 saturated carbocycles. The first kappa shape index (κ1) is 13.9. The Balaban J connectivity index is 1.82. The second-order valence-corrected chi connectivity index (χ2v) is 6.59. The maximum Gasteiger partial charge on any atom is 0.0429 e. The van der Waals surface area contributed by atoms with Gasteiger partial charge in [-0.3, -0.25) is 0 Å². The Hall–Kier alpha value is -1.07. The van der Waals surface area contributed by atoms with Crippen LogP contribution >= 0.6 is 22.6 Å². The quantitative estimate of drug-likeness (QED) is 0.822. The average Bonchev–Trinajstić information content (AvgIpc) is 2.81. The van der Waals surface area contributed by atoms with Crippen molar-refractivity contribution in [1.29, 1.82) is 0 Å². The van der Waals surface area contributed by atoms with Gasteiger partial charge in [-0.25, -0.2) is 0 Å². The van der Waals surface area contributed by atoms with Gasteiger partial charge in [0, 0.05) is 28.3 Å². The molecule has 1 atom stereocenters. The van der Waals surface area contributed by atoms with Crippen molar-refractivity contribution in [1.82, 2.24) is 0 Å². The van der Waals surface area contributed by atoms with E-state index in [1.807, 2.05) is 0 Å². The summed E-state index contributed by atoms with van der Waals surface area (Å²) in [5.74, 6) is 0.583. The van der Waals surface area contributed by atoms with Crippen molar-refractivity contribution in [2.75, 3.05) is 18.0 Å². The van der Waals surface area contributed by atoms with Gasteiger partial charge in [-0.2, -0.15) is 0 Å². The minimum atomic E-state index is 0.583. The van der Waals surface area contributed by atoms with Crippen molar-refractivity contribution < 1.29 is 0 Å². The van der Waals surface area contributed by atoms with E-state index < -0.39 is 0 Å². The molecule has 1 heterocycles. The fraction of sp³-hybridized carbons (Fsp3) is 0.294. The van der Waals surface area contributed by atoms with Gasteiger partial charge in [0.15, 0.2) is 0 Å². The molecule has 0 aromatic heterocycles. The number of para-hydroxylation sites is 1. The van der Waals surface area contributed by atoms with Gasteiger partial charge in [0.2, 0.25) is 0 Å². The number of nitrogens with zero attached hydrogens (tertiary/aromatic N) is 1.